The smallest absolute Gasteiger partial charge is 0.306 e. The third kappa shape index (κ3) is 2.60. The molecule has 1 amide bonds. The van der Waals surface area contributed by atoms with Gasteiger partial charge < -0.3 is 15.3 Å². The van der Waals surface area contributed by atoms with Crippen LogP contribution in [0.25, 0.3) is 0 Å². The molecule has 1 aromatic carbocycles. The van der Waals surface area contributed by atoms with Crippen LogP contribution in [0.15, 0.2) is 18.2 Å². The number of rotatable bonds is 2. The predicted molar refractivity (Wildman–Crippen MR) is 79.5 cm³/mol. The van der Waals surface area contributed by atoms with Crippen LogP contribution in [0.4, 0.5) is 5.69 Å². The summed E-state index contributed by atoms with van der Waals surface area (Å²) in [5.74, 6) is -1.06. The van der Waals surface area contributed by atoms with E-state index in [-0.39, 0.29) is 17.9 Å². The SMILES string of the molecule is CC1CC(C(=O)O)CCN1C(=O)c1ccc2c(c1)CCN2. The van der Waals surface area contributed by atoms with E-state index >= 15 is 0 Å². The van der Waals surface area contributed by atoms with Crippen LogP contribution in [0, 0.1) is 5.92 Å². The summed E-state index contributed by atoms with van der Waals surface area (Å²) in [5.41, 5.74) is 3.01. The lowest BCUT2D eigenvalue weighted by atomic mass is 9.91. The second-order valence-electron chi connectivity index (χ2n) is 5.96. The van der Waals surface area contributed by atoms with Gasteiger partial charge in [0.25, 0.3) is 5.91 Å². The lowest BCUT2D eigenvalue weighted by molar-refractivity contribution is -0.143. The quantitative estimate of drug-likeness (QED) is 0.873. The second-order valence-corrected chi connectivity index (χ2v) is 5.96. The molecule has 3 rings (SSSR count). The summed E-state index contributed by atoms with van der Waals surface area (Å²) in [5, 5.41) is 12.4. The highest BCUT2D eigenvalue weighted by Crippen LogP contribution is 2.27. The Morgan fingerprint density at radius 2 is 2.19 bits per heavy atom. The number of carbonyl (C=O) groups is 2. The van der Waals surface area contributed by atoms with Crippen LogP contribution >= 0.6 is 0 Å². The molecule has 0 aliphatic carbocycles. The van der Waals surface area contributed by atoms with Crippen molar-refractivity contribution in [1.29, 1.82) is 0 Å². The van der Waals surface area contributed by atoms with Crippen molar-refractivity contribution in [3.63, 3.8) is 0 Å². The minimum Gasteiger partial charge on any atom is -0.481 e. The standard InChI is InChI=1S/C16H20N2O3/c1-10-8-13(16(20)21)5-7-18(10)15(19)12-2-3-14-11(9-12)4-6-17-14/h2-3,9-10,13,17H,4-8H2,1H3,(H,20,21). The maximum Gasteiger partial charge on any atom is 0.306 e. The normalized spacial score (nSPS) is 24.3. The van der Waals surface area contributed by atoms with E-state index in [9.17, 15) is 9.59 Å². The van der Waals surface area contributed by atoms with E-state index in [0.717, 1.165) is 18.7 Å². The Bertz CT molecular complexity index is 585. The van der Waals surface area contributed by atoms with Crippen LogP contribution in [0.3, 0.4) is 0 Å². The number of anilines is 1. The third-order valence-electron chi connectivity index (χ3n) is 4.55. The number of hydrogen-bond donors (Lipinski definition) is 2. The lowest BCUT2D eigenvalue weighted by Gasteiger charge is -2.36. The first-order valence-corrected chi connectivity index (χ1v) is 7.47. The van der Waals surface area contributed by atoms with Crippen LogP contribution in [-0.2, 0) is 11.2 Å². The van der Waals surface area contributed by atoms with Gasteiger partial charge in [0.2, 0.25) is 0 Å². The third-order valence-corrected chi connectivity index (χ3v) is 4.55. The van der Waals surface area contributed by atoms with Crippen LogP contribution in [0.1, 0.15) is 35.7 Å². The van der Waals surface area contributed by atoms with Gasteiger partial charge in [-0.1, -0.05) is 0 Å². The number of hydrogen-bond acceptors (Lipinski definition) is 3. The summed E-state index contributed by atoms with van der Waals surface area (Å²) in [6.45, 7) is 3.38. The van der Waals surface area contributed by atoms with Gasteiger partial charge in [-0.2, -0.15) is 0 Å². The number of amides is 1. The molecule has 2 aliphatic rings. The van der Waals surface area contributed by atoms with Crippen molar-refractivity contribution in [2.75, 3.05) is 18.4 Å². The number of benzene rings is 1. The van der Waals surface area contributed by atoms with Crippen molar-refractivity contribution in [2.24, 2.45) is 5.92 Å². The first-order chi connectivity index (χ1) is 10.1. The Balaban J connectivity index is 1.75. The molecule has 2 atom stereocenters. The zero-order valence-electron chi connectivity index (χ0n) is 12.1. The van der Waals surface area contributed by atoms with Gasteiger partial charge in [-0.3, -0.25) is 9.59 Å². The summed E-state index contributed by atoms with van der Waals surface area (Å²) in [7, 11) is 0. The molecular formula is C16H20N2O3. The van der Waals surface area contributed by atoms with E-state index in [4.69, 9.17) is 5.11 Å². The molecule has 2 N–H and O–H groups in total. The number of fused-ring (bicyclic) bond motifs is 1. The molecular weight excluding hydrogens is 268 g/mol. The fourth-order valence-corrected chi connectivity index (χ4v) is 3.30. The number of likely N-dealkylation sites (tertiary alicyclic amines) is 1. The van der Waals surface area contributed by atoms with Gasteiger partial charge in [0.1, 0.15) is 0 Å². The summed E-state index contributed by atoms with van der Waals surface area (Å²) in [4.78, 5) is 25.5. The monoisotopic (exact) mass is 288 g/mol. The maximum absolute atomic E-state index is 12.6. The Kier molecular flexibility index (Phi) is 3.57. The van der Waals surface area contributed by atoms with Crippen molar-refractivity contribution in [3.8, 4) is 0 Å². The summed E-state index contributed by atoms with van der Waals surface area (Å²) in [6.07, 6.45) is 2.03. The molecule has 0 radical (unpaired) electrons. The molecule has 0 bridgehead atoms. The topological polar surface area (TPSA) is 69.6 Å². The van der Waals surface area contributed by atoms with Crippen LogP contribution in [0.2, 0.25) is 0 Å². The molecule has 112 valence electrons. The van der Waals surface area contributed by atoms with E-state index in [1.54, 1.807) is 0 Å². The number of carboxylic acids is 1. The summed E-state index contributed by atoms with van der Waals surface area (Å²) in [6, 6.07) is 5.76. The molecule has 2 unspecified atom stereocenters. The Morgan fingerprint density at radius 1 is 1.38 bits per heavy atom. The molecule has 1 saturated heterocycles. The highest BCUT2D eigenvalue weighted by molar-refractivity contribution is 5.95. The number of carboxylic acid groups (broad SMARTS) is 1. The van der Waals surface area contributed by atoms with Gasteiger partial charge in [0.05, 0.1) is 5.92 Å². The first kappa shape index (κ1) is 13.9. The first-order valence-electron chi connectivity index (χ1n) is 7.47. The van der Waals surface area contributed by atoms with Gasteiger partial charge in [-0.15, -0.1) is 0 Å². The Morgan fingerprint density at radius 3 is 2.90 bits per heavy atom. The largest absolute Gasteiger partial charge is 0.481 e. The van der Waals surface area contributed by atoms with Gasteiger partial charge in [0.15, 0.2) is 0 Å². The van der Waals surface area contributed by atoms with Gasteiger partial charge >= 0.3 is 5.97 Å². The Labute approximate surface area is 123 Å². The van der Waals surface area contributed by atoms with Crippen LogP contribution in [0.5, 0.6) is 0 Å². The molecule has 0 saturated carbocycles. The van der Waals surface area contributed by atoms with E-state index in [2.05, 4.69) is 5.32 Å². The molecule has 0 aromatic heterocycles. The van der Waals surface area contributed by atoms with Gasteiger partial charge in [-0.05, 0) is 49.9 Å². The number of nitrogens with zero attached hydrogens (tertiary/aromatic N) is 1. The zero-order chi connectivity index (χ0) is 15.0. The molecule has 2 aliphatic heterocycles. The molecule has 2 heterocycles. The molecule has 0 spiro atoms. The van der Waals surface area contributed by atoms with E-state index < -0.39 is 5.97 Å². The van der Waals surface area contributed by atoms with E-state index in [0.29, 0.717) is 24.9 Å². The number of nitrogens with one attached hydrogen (secondary N) is 1. The lowest BCUT2D eigenvalue weighted by Crippen LogP contribution is -2.46. The summed E-state index contributed by atoms with van der Waals surface area (Å²) < 4.78 is 0. The minimum absolute atomic E-state index is 0.0149. The van der Waals surface area contributed by atoms with Crippen molar-refractivity contribution >= 4 is 17.6 Å². The number of carbonyl (C=O) groups excluding carboxylic acids is 1. The van der Waals surface area contributed by atoms with Crippen molar-refractivity contribution in [1.82, 2.24) is 4.90 Å². The van der Waals surface area contributed by atoms with Crippen LogP contribution < -0.4 is 5.32 Å². The number of piperidine rings is 1. The molecule has 1 aromatic rings. The minimum atomic E-state index is -0.752. The van der Waals surface area contributed by atoms with Gasteiger partial charge in [0, 0.05) is 30.4 Å². The highest BCUT2D eigenvalue weighted by atomic mass is 16.4. The maximum atomic E-state index is 12.6. The average molecular weight is 288 g/mol. The predicted octanol–water partition coefficient (Wildman–Crippen LogP) is 1.98. The number of aliphatic carboxylic acids is 1. The van der Waals surface area contributed by atoms with Gasteiger partial charge in [-0.25, -0.2) is 0 Å². The molecule has 21 heavy (non-hydrogen) atoms. The molecule has 5 nitrogen and oxygen atoms in total. The fraction of sp³-hybridized carbons (Fsp3) is 0.500. The van der Waals surface area contributed by atoms with E-state index in [1.807, 2.05) is 30.0 Å². The molecule has 1 fully saturated rings. The fourth-order valence-electron chi connectivity index (χ4n) is 3.30. The summed E-state index contributed by atoms with van der Waals surface area (Å²) >= 11 is 0. The van der Waals surface area contributed by atoms with Crippen molar-refractivity contribution < 1.29 is 14.7 Å². The van der Waals surface area contributed by atoms with Crippen molar-refractivity contribution in [2.45, 2.75) is 32.2 Å². The van der Waals surface area contributed by atoms with Crippen LogP contribution in [-0.4, -0.2) is 41.0 Å². The highest BCUT2D eigenvalue weighted by Gasteiger charge is 2.32. The molecule has 5 heteroatoms. The second kappa shape index (κ2) is 5.39. The van der Waals surface area contributed by atoms with Crippen molar-refractivity contribution in [3.05, 3.63) is 29.3 Å². The van der Waals surface area contributed by atoms with E-state index in [1.165, 1.54) is 5.56 Å². The Hall–Kier alpha value is -2.04. The average Bonchev–Trinajstić information content (AvgIpc) is 2.93. The zero-order valence-corrected chi connectivity index (χ0v) is 12.1.